The van der Waals surface area contributed by atoms with Gasteiger partial charge < -0.3 is 14.8 Å². The van der Waals surface area contributed by atoms with Gasteiger partial charge in [-0.2, -0.15) is 5.10 Å². The molecular formula is C26H27N5O3S. The first-order chi connectivity index (χ1) is 17.1. The van der Waals surface area contributed by atoms with E-state index in [0.29, 0.717) is 18.9 Å². The number of benzene rings is 2. The maximum absolute atomic E-state index is 13.0. The summed E-state index contributed by atoms with van der Waals surface area (Å²) in [6.07, 6.45) is 4.11. The normalized spacial score (nSPS) is 14.0. The summed E-state index contributed by atoms with van der Waals surface area (Å²) in [5, 5.41) is 9.21. The molecule has 4 aromatic rings. The largest absolute Gasteiger partial charge is 0.490 e. The van der Waals surface area contributed by atoms with Crippen LogP contribution in [0.4, 0.5) is 0 Å². The van der Waals surface area contributed by atoms with Crippen LogP contribution in [0.1, 0.15) is 31.9 Å². The first kappa shape index (κ1) is 23.2. The molecule has 1 N–H and O–H groups in total. The van der Waals surface area contributed by atoms with Crippen molar-refractivity contribution in [2.24, 2.45) is 5.92 Å². The summed E-state index contributed by atoms with van der Waals surface area (Å²) in [5.74, 6) is 1.84. The molecule has 5 rings (SSSR count). The van der Waals surface area contributed by atoms with Crippen molar-refractivity contribution in [3.8, 4) is 17.2 Å². The van der Waals surface area contributed by atoms with E-state index in [9.17, 15) is 4.79 Å². The second-order valence-electron chi connectivity index (χ2n) is 8.64. The lowest BCUT2D eigenvalue weighted by Gasteiger charge is -2.24. The summed E-state index contributed by atoms with van der Waals surface area (Å²) >= 11 is 1.38. The fraction of sp³-hybridized carbons (Fsp3) is 0.308. The van der Waals surface area contributed by atoms with Gasteiger partial charge in [-0.1, -0.05) is 49.9 Å². The summed E-state index contributed by atoms with van der Waals surface area (Å²) in [6, 6.07) is 15.6. The van der Waals surface area contributed by atoms with Crippen molar-refractivity contribution in [2.75, 3.05) is 19.0 Å². The molecule has 180 valence electrons. The van der Waals surface area contributed by atoms with Crippen LogP contribution in [0.15, 0.2) is 66.1 Å². The molecule has 1 atom stereocenters. The number of nitrogens with one attached hydrogen (secondary N) is 1. The van der Waals surface area contributed by atoms with Gasteiger partial charge in [-0.15, -0.1) is 0 Å². The van der Waals surface area contributed by atoms with Crippen LogP contribution in [0.3, 0.4) is 0 Å². The van der Waals surface area contributed by atoms with Crippen molar-refractivity contribution in [1.29, 1.82) is 0 Å². The standard InChI is InChI=1S/C26H27N5O3S/c1-17(2)24(18-9-10-21-22(13-18)34-12-6-11-33-21)30-23(32)15-35-26-20-14-29-31(25(20)27-16-28-26)19-7-4-3-5-8-19/h3-5,7-10,13-14,16-17,24H,6,11-12,15H2,1-2H3,(H,30,32). The number of ether oxygens (including phenoxy) is 2. The molecule has 1 unspecified atom stereocenters. The van der Waals surface area contributed by atoms with Gasteiger partial charge in [0.25, 0.3) is 0 Å². The van der Waals surface area contributed by atoms with Crippen molar-refractivity contribution in [2.45, 2.75) is 31.3 Å². The molecule has 1 aliphatic heterocycles. The molecule has 0 saturated carbocycles. The Balaban J connectivity index is 1.29. The van der Waals surface area contributed by atoms with Gasteiger partial charge in [0, 0.05) is 6.42 Å². The summed E-state index contributed by atoms with van der Waals surface area (Å²) in [6.45, 7) is 5.45. The predicted molar refractivity (Wildman–Crippen MR) is 135 cm³/mol. The van der Waals surface area contributed by atoms with E-state index in [0.717, 1.165) is 39.6 Å². The Morgan fingerprint density at radius 2 is 1.89 bits per heavy atom. The maximum Gasteiger partial charge on any atom is 0.230 e. The van der Waals surface area contributed by atoms with E-state index in [1.54, 1.807) is 10.9 Å². The molecule has 0 radical (unpaired) electrons. The third-order valence-electron chi connectivity index (χ3n) is 5.78. The van der Waals surface area contributed by atoms with Crippen molar-refractivity contribution < 1.29 is 14.3 Å². The van der Waals surface area contributed by atoms with Gasteiger partial charge in [-0.3, -0.25) is 4.79 Å². The molecule has 35 heavy (non-hydrogen) atoms. The first-order valence-electron chi connectivity index (χ1n) is 11.7. The highest BCUT2D eigenvalue weighted by Gasteiger charge is 2.22. The van der Waals surface area contributed by atoms with Crippen molar-refractivity contribution in [3.63, 3.8) is 0 Å². The number of hydrogen-bond donors (Lipinski definition) is 1. The Kier molecular flexibility index (Phi) is 6.85. The Labute approximate surface area is 208 Å². The van der Waals surface area contributed by atoms with E-state index in [1.165, 1.54) is 18.1 Å². The summed E-state index contributed by atoms with van der Waals surface area (Å²) in [7, 11) is 0. The third-order valence-corrected chi connectivity index (χ3v) is 6.79. The van der Waals surface area contributed by atoms with Gasteiger partial charge in [0.05, 0.1) is 42.3 Å². The lowest BCUT2D eigenvalue weighted by molar-refractivity contribution is -0.119. The molecule has 0 fully saturated rings. The number of fused-ring (bicyclic) bond motifs is 2. The minimum absolute atomic E-state index is 0.0666. The molecule has 0 saturated heterocycles. The monoisotopic (exact) mass is 489 g/mol. The van der Waals surface area contributed by atoms with E-state index in [4.69, 9.17) is 9.47 Å². The van der Waals surface area contributed by atoms with Crippen LogP contribution < -0.4 is 14.8 Å². The van der Waals surface area contributed by atoms with Gasteiger partial charge in [0.15, 0.2) is 17.1 Å². The summed E-state index contributed by atoms with van der Waals surface area (Å²) in [5.41, 5.74) is 2.63. The van der Waals surface area contributed by atoms with Gasteiger partial charge in [0.2, 0.25) is 5.91 Å². The number of carbonyl (C=O) groups is 1. The second-order valence-corrected chi connectivity index (χ2v) is 9.61. The van der Waals surface area contributed by atoms with E-state index in [1.807, 2.05) is 48.5 Å². The van der Waals surface area contributed by atoms with Gasteiger partial charge in [0.1, 0.15) is 11.4 Å². The average molecular weight is 490 g/mol. The molecule has 9 heteroatoms. The van der Waals surface area contributed by atoms with Crippen molar-refractivity contribution >= 4 is 28.7 Å². The highest BCUT2D eigenvalue weighted by atomic mass is 32.2. The van der Waals surface area contributed by atoms with Crippen molar-refractivity contribution in [3.05, 3.63) is 66.6 Å². The van der Waals surface area contributed by atoms with Crippen molar-refractivity contribution in [1.82, 2.24) is 25.1 Å². The minimum Gasteiger partial charge on any atom is -0.490 e. The minimum atomic E-state index is -0.147. The zero-order chi connectivity index (χ0) is 24.2. The van der Waals surface area contributed by atoms with Crippen LogP contribution >= 0.6 is 11.8 Å². The zero-order valence-electron chi connectivity index (χ0n) is 19.7. The number of carbonyl (C=O) groups excluding carboxylic acids is 1. The SMILES string of the molecule is CC(C)C(NC(=O)CSc1ncnc2c1cnn2-c1ccccc1)c1ccc2c(c1)OCCCO2. The lowest BCUT2D eigenvalue weighted by Crippen LogP contribution is -2.33. The summed E-state index contributed by atoms with van der Waals surface area (Å²) in [4.78, 5) is 21.8. The topological polar surface area (TPSA) is 91.2 Å². The Hall–Kier alpha value is -3.59. The average Bonchev–Trinajstić information content (AvgIpc) is 3.18. The number of aromatic nitrogens is 4. The van der Waals surface area contributed by atoms with Crippen LogP contribution in [0.25, 0.3) is 16.7 Å². The molecule has 3 heterocycles. The number of rotatable bonds is 7. The van der Waals surface area contributed by atoms with E-state index < -0.39 is 0 Å². The molecule has 1 aliphatic rings. The number of amides is 1. The Morgan fingerprint density at radius 3 is 2.69 bits per heavy atom. The van der Waals surface area contributed by atoms with Gasteiger partial charge in [-0.25, -0.2) is 14.6 Å². The number of para-hydroxylation sites is 1. The van der Waals surface area contributed by atoms with E-state index in [2.05, 4.69) is 34.2 Å². The fourth-order valence-corrected chi connectivity index (χ4v) is 4.83. The smallest absolute Gasteiger partial charge is 0.230 e. The van der Waals surface area contributed by atoms with Crippen LogP contribution in [-0.2, 0) is 4.79 Å². The molecule has 0 bridgehead atoms. The second kappa shape index (κ2) is 10.4. The quantitative estimate of drug-likeness (QED) is 0.300. The zero-order valence-corrected chi connectivity index (χ0v) is 20.5. The molecule has 2 aromatic heterocycles. The Bertz CT molecular complexity index is 1330. The molecule has 0 aliphatic carbocycles. The first-order valence-corrected chi connectivity index (χ1v) is 12.6. The molecule has 0 spiro atoms. The van der Waals surface area contributed by atoms with Crippen LogP contribution in [-0.4, -0.2) is 44.6 Å². The van der Waals surface area contributed by atoms with Crippen LogP contribution in [0, 0.1) is 5.92 Å². The van der Waals surface area contributed by atoms with Crippen LogP contribution in [0.5, 0.6) is 11.5 Å². The maximum atomic E-state index is 13.0. The molecule has 1 amide bonds. The number of thioether (sulfide) groups is 1. The molecule has 8 nitrogen and oxygen atoms in total. The Morgan fingerprint density at radius 1 is 1.09 bits per heavy atom. The highest BCUT2D eigenvalue weighted by Crippen LogP contribution is 2.34. The third kappa shape index (κ3) is 5.09. The predicted octanol–water partition coefficient (Wildman–Crippen LogP) is 4.58. The van der Waals surface area contributed by atoms with E-state index >= 15 is 0 Å². The van der Waals surface area contributed by atoms with Gasteiger partial charge >= 0.3 is 0 Å². The van der Waals surface area contributed by atoms with E-state index in [-0.39, 0.29) is 23.6 Å². The van der Waals surface area contributed by atoms with Gasteiger partial charge in [-0.05, 0) is 35.7 Å². The fourth-order valence-electron chi connectivity index (χ4n) is 4.05. The highest BCUT2D eigenvalue weighted by molar-refractivity contribution is 8.00. The lowest BCUT2D eigenvalue weighted by atomic mass is 9.95. The molecular weight excluding hydrogens is 462 g/mol. The number of hydrogen-bond acceptors (Lipinski definition) is 7. The number of nitrogens with zero attached hydrogens (tertiary/aromatic N) is 4. The summed E-state index contributed by atoms with van der Waals surface area (Å²) < 4.78 is 13.4. The van der Waals surface area contributed by atoms with Crippen LogP contribution in [0.2, 0.25) is 0 Å². The molecule has 2 aromatic carbocycles.